The first kappa shape index (κ1) is 21.1. The molecule has 7 nitrogen and oxygen atoms in total. The van der Waals surface area contributed by atoms with E-state index in [-0.39, 0.29) is 6.10 Å². The van der Waals surface area contributed by atoms with Crippen molar-refractivity contribution >= 4 is 5.96 Å². The highest BCUT2D eigenvalue weighted by molar-refractivity contribution is 5.80. The summed E-state index contributed by atoms with van der Waals surface area (Å²) in [5.41, 5.74) is 1.12. The van der Waals surface area contributed by atoms with Crippen LogP contribution >= 0.6 is 0 Å². The number of hydrogen-bond acceptors (Lipinski definition) is 4. The van der Waals surface area contributed by atoms with Gasteiger partial charge in [-0.15, -0.1) is 0 Å². The van der Waals surface area contributed by atoms with Crippen LogP contribution in [0.4, 0.5) is 0 Å². The zero-order valence-corrected chi connectivity index (χ0v) is 17.6. The normalized spacial score (nSPS) is 22.3. The van der Waals surface area contributed by atoms with Crippen LogP contribution in [-0.4, -0.2) is 66.6 Å². The summed E-state index contributed by atoms with van der Waals surface area (Å²) in [6.45, 7) is 4.17. The molecule has 1 saturated carbocycles. The molecule has 0 spiro atoms. The smallest absolute Gasteiger partial charge is 0.193 e. The molecule has 28 heavy (non-hydrogen) atoms. The fourth-order valence-corrected chi connectivity index (χ4v) is 4.07. The summed E-state index contributed by atoms with van der Waals surface area (Å²) < 4.78 is 13.8. The van der Waals surface area contributed by atoms with Gasteiger partial charge in [0.05, 0.1) is 25.5 Å². The van der Waals surface area contributed by atoms with Crippen LogP contribution in [0.15, 0.2) is 17.4 Å². The fraction of sp³-hybridized carbons (Fsp3) is 0.810. The van der Waals surface area contributed by atoms with E-state index in [1.54, 1.807) is 0 Å². The minimum Gasteiger partial charge on any atom is -0.378 e. The SMILES string of the molecule is CN=C(NCCCCOC1CCCCCC1)N1CCOC(c2cnn(C)c2)C1. The van der Waals surface area contributed by atoms with Gasteiger partial charge in [0.25, 0.3) is 0 Å². The van der Waals surface area contributed by atoms with Crippen LogP contribution in [0.2, 0.25) is 0 Å². The van der Waals surface area contributed by atoms with Crippen LogP contribution in [0.5, 0.6) is 0 Å². The zero-order chi connectivity index (χ0) is 19.6. The maximum atomic E-state index is 6.08. The van der Waals surface area contributed by atoms with E-state index < -0.39 is 0 Å². The summed E-state index contributed by atoms with van der Waals surface area (Å²) in [4.78, 5) is 6.75. The molecule has 1 saturated heterocycles. The summed E-state index contributed by atoms with van der Waals surface area (Å²) in [6.07, 6.45) is 14.6. The lowest BCUT2D eigenvalue weighted by Gasteiger charge is -2.34. The Morgan fingerprint density at radius 1 is 1.29 bits per heavy atom. The third-order valence-electron chi connectivity index (χ3n) is 5.68. The highest BCUT2D eigenvalue weighted by atomic mass is 16.5. The van der Waals surface area contributed by atoms with Crippen LogP contribution in [0, 0.1) is 0 Å². The average molecular weight is 392 g/mol. The van der Waals surface area contributed by atoms with Gasteiger partial charge in [-0.05, 0) is 25.7 Å². The summed E-state index contributed by atoms with van der Waals surface area (Å²) in [7, 11) is 3.79. The molecule has 2 heterocycles. The minimum absolute atomic E-state index is 0.0500. The Hall–Kier alpha value is -1.60. The van der Waals surface area contributed by atoms with E-state index >= 15 is 0 Å². The number of aromatic nitrogens is 2. The third kappa shape index (κ3) is 6.48. The molecule has 0 amide bonds. The van der Waals surface area contributed by atoms with Crippen LogP contribution < -0.4 is 5.32 Å². The molecule has 2 aliphatic rings. The summed E-state index contributed by atoms with van der Waals surface area (Å²) >= 11 is 0. The molecule has 0 aromatic carbocycles. The van der Waals surface area contributed by atoms with Gasteiger partial charge in [0.2, 0.25) is 0 Å². The standard InChI is InChI=1S/C21H37N5O2/c1-22-21(23-11-7-8-13-27-19-9-5-3-4-6-10-19)26-12-14-28-20(17-26)18-15-24-25(2)16-18/h15-16,19-20H,3-14,17H2,1-2H3,(H,22,23). The van der Waals surface area contributed by atoms with E-state index in [1.807, 2.05) is 31.2 Å². The van der Waals surface area contributed by atoms with Crippen molar-refractivity contribution in [3.05, 3.63) is 18.0 Å². The number of nitrogens with one attached hydrogen (secondary N) is 1. The molecule has 1 N–H and O–H groups in total. The molecule has 158 valence electrons. The second-order valence-electron chi connectivity index (χ2n) is 7.92. The maximum absolute atomic E-state index is 6.08. The van der Waals surface area contributed by atoms with Gasteiger partial charge >= 0.3 is 0 Å². The number of hydrogen-bond donors (Lipinski definition) is 1. The Bertz CT molecular complexity index is 595. The van der Waals surface area contributed by atoms with Crippen LogP contribution in [-0.2, 0) is 16.5 Å². The molecule has 1 aliphatic heterocycles. The number of nitrogens with zero attached hydrogens (tertiary/aromatic N) is 4. The molecule has 1 unspecified atom stereocenters. The number of guanidine groups is 1. The third-order valence-corrected chi connectivity index (χ3v) is 5.68. The summed E-state index contributed by atoms with van der Waals surface area (Å²) in [5, 5.41) is 7.77. The van der Waals surface area contributed by atoms with Gasteiger partial charge in [-0.2, -0.15) is 5.10 Å². The largest absolute Gasteiger partial charge is 0.378 e. The molecule has 2 fully saturated rings. The number of aliphatic imine (C=N–C) groups is 1. The van der Waals surface area contributed by atoms with Gasteiger partial charge < -0.3 is 19.7 Å². The summed E-state index contributed by atoms with van der Waals surface area (Å²) in [5.74, 6) is 0.960. The fourth-order valence-electron chi connectivity index (χ4n) is 4.07. The number of ether oxygens (including phenoxy) is 2. The number of aryl methyl sites for hydroxylation is 1. The predicted octanol–water partition coefficient (Wildman–Crippen LogP) is 2.89. The molecule has 1 aromatic heterocycles. The number of morpholine rings is 1. The van der Waals surface area contributed by atoms with Crippen LogP contribution in [0.1, 0.15) is 63.0 Å². The quantitative estimate of drug-likeness (QED) is 0.335. The summed E-state index contributed by atoms with van der Waals surface area (Å²) in [6, 6.07) is 0. The van der Waals surface area contributed by atoms with Gasteiger partial charge in [0.1, 0.15) is 6.10 Å². The van der Waals surface area contributed by atoms with Crippen molar-refractivity contribution < 1.29 is 9.47 Å². The molecule has 0 radical (unpaired) electrons. The Morgan fingerprint density at radius 3 is 2.82 bits per heavy atom. The highest BCUT2D eigenvalue weighted by Gasteiger charge is 2.25. The predicted molar refractivity (Wildman–Crippen MR) is 112 cm³/mol. The number of unbranched alkanes of at least 4 members (excludes halogenated alkanes) is 1. The Balaban J connectivity index is 1.33. The van der Waals surface area contributed by atoms with E-state index in [0.29, 0.717) is 12.7 Å². The first-order chi connectivity index (χ1) is 13.8. The number of rotatable bonds is 7. The van der Waals surface area contributed by atoms with Crippen LogP contribution in [0.3, 0.4) is 0 Å². The second kappa shape index (κ2) is 11.4. The van der Waals surface area contributed by atoms with Gasteiger partial charge in [-0.3, -0.25) is 9.67 Å². The van der Waals surface area contributed by atoms with Crippen molar-refractivity contribution in [1.82, 2.24) is 20.0 Å². The Kier molecular flexibility index (Phi) is 8.61. The molecular weight excluding hydrogens is 354 g/mol. The monoisotopic (exact) mass is 391 g/mol. The zero-order valence-electron chi connectivity index (χ0n) is 17.6. The Morgan fingerprint density at radius 2 is 2.11 bits per heavy atom. The van der Waals surface area contributed by atoms with E-state index in [9.17, 15) is 0 Å². The van der Waals surface area contributed by atoms with Gasteiger partial charge in [0, 0.05) is 45.6 Å². The topological polar surface area (TPSA) is 63.9 Å². The van der Waals surface area contributed by atoms with E-state index in [1.165, 1.54) is 38.5 Å². The van der Waals surface area contributed by atoms with Crippen molar-refractivity contribution in [1.29, 1.82) is 0 Å². The van der Waals surface area contributed by atoms with Crippen molar-refractivity contribution in [3.63, 3.8) is 0 Å². The van der Waals surface area contributed by atoms with Crippen molar-refractivity contribution in [2.45, 2.75) is 63.6 Å². The molecule has 7 heteroatoms. The Labute approximate surface area is 169 Å². The molecule has 1 aromatic rings. The lowest BCUT2D eigenvalue weighted by Crippen LogP contribution is -2.48. The molecular formula is C21H37N5O2. The van der Waals surface area contributed by atoms with Crippen molar-refractivity contribution in [2.24, 2.45) is 12.0 Å². The highest BCUT2D eigenvalue weighted by Crippen LogP contribution is 2.22. The van der Waals surface area contributed by atoms with E-state index in [0.717, 1.165) is 50.6 Å². The van der Waals surface area contributed by atoms with Gasteiger partial charge in [-0.25, -0.2) is 0 Å². The van der Waals surface area contributed by atoms with Crippen LogP contribution in [0.25, 0.3) is 0 Å². The lowest BCUT2D eigenvalue weighted by atomic mass is 10.1. The van der Waals surface area contributed by atoms with E-state index in [2.05, 4.69) is 20.3 Å². The van der Waals surface area contributed by atoms with Gasteiger partial charge in [-0.1, -0.05) is 25.7 Å². The van der Waals surface area contributed by atoms with E-state index in [4.69, 9.17) is 9.47 Å². The molecule has 3 rings (SSSR count). The second-order valence-corrected chi connectivity index (χ2v) is 7.92. The first-order valence-corrected chi connectivity index (χ1v) is 10.9. The average Bonchev–Trinajstić information content (AvgIpc) is 2.99. The first-order valence-electron chi connectivity index (χ1n) is 10.9. The van der Waals surface area contributed by atoms with Crippen molar-refractivity contribution in [2.75, 3.05) is 39.9 Å². The van der Waals surface area contributed by atoms with Crippen molar-refractivity contribution in [3.8, 4) is 0 Å². The lowest BCUT2D eigenvalue weighted by molar-refractivity contribution is -0.00804. The minimum atomic E-state index is 0.0500. The molecule has 1 atom stereocenters. The maximum Gasteiger partial charge on any atom is 0.193 e. The van der Waals surface area contributed by atoms with Gasteiger partial charge in [0.15, 0.2) is 5.96 Å². The molecule has 0 bridgehead atoms. The molecule has 1 aliphatic carbocycles.